The summed E-state index contributed by atoms with van der Waals surface area (Å²) in [6, 6.07) is 3.99. The van der Waals surface area contributed by atoms with Crippen LogP contribution in [0.4, 0.5) is 8.78 Å². The zero-order chi connectivity index (χ0) is 14.5. The average Bonchev–Trinajstić information content (AvgIpc) is 2.33. The van der Waals surface area contributed by atoms with E-state index in [1.165, 1.54) is 0 Å². The van der Waals surface area contributed by atoms with E-state index in [4.69, 9.17) is 5.26 Å². The Balaban J connectivity index is 3.15. The molecule has 0 spiro atoms. The summed E-state index contributed by atoms with van der Waals surface area (Å²) in [6.45, 7) is 1.64. The van der Waals surface area contributed by atoms with Crippen LogP contribution in [0.15, 0.2) is 23.1 Å². The van der Waals surface area contributed by atoms with Crippen molar-refractivity contribution >= 4 is 10.0 Å². The zero-order valence-electron chi connectivity index (χ0n) is 10.4. The maximum atomic E-state index is 13.5. The smallest absolute Gasteiger partial charge is 0.207 e. The fourth-order valence-corrected chi connectivity index (χ4v) is 2.94. The van der Waals surface area contributed by atoms with E-state index in [9.17, 15) is 17.2 Å². The number of nitriles is 1. The Morgan fingerprint density at radius 2 is 2.05 bits per heavy atom. The summed E-state index contributed by atoms with van der Waals surface area (Å²) in [6.07, 6.45) is 1.30. The van der Waals surface area contributed by atoms with E-state index in [0.717, 1.165) is 22.9 Å². The summed E-state index contributed by atoms with van der Waals surface area (Å²) >= 11 is 0. The largest absolute Gasteiger partial charge is 0.246 e. The van der Waals surface area contributed by atoms with E-state index in [0.29, 0.717) is 12.5 Å². The predicted molar refractivity (Wildman–Crippen MR) is 65.6 cm³/mol. The number of rotatable bonds is 6. The summed E-state index contributed by atoms with van der Waals surface area (Å²) in [5.41, 5.74) is 0. The molecule has 1 rings (SSSR count). The van der Waals surface area contributed by atoms with Crippen molar-refractivity contribution in [2.45, 2.75) is 24.7 Å². The minimum absolute atomic E-state index is 0.128. The minimum Gasteiger partial charge on any atom is -0.207 e. The molecule has 19 heavy (non-hydrogen) atoms. The topological polar surface area (TPSA) is 61.2 Å². The van der Waals surface area contributed by atoms with Crippen LogP contribution < -0.4 is 0 Å². The number of sulfonamides is 1. The van der Waals surface area contributed by atoms with Gasteiger partial charge in [0.15, 0.2) is 0 Å². The summed E-state index contributed by atoms with van der Waals surface area (Å²) in [5, 5.41) is 8.65. The second-order valence-electron chi connectivity index (χ2n) is 3.93. The van der Waals surface area contributed by atoms with Crippen molar-refractivity contribution in [3.05, 3.63) is 29.8 Å². The van der Waals surface area contributed by atoms with E-state index in [2.05, 4.69) is 0 Å². The lowest BCUT2D eigenvalue weighted by atomic mass is 10.3. The maximum Gasteiger partial charge on any atom is 0.246 e. The molecule has 0 aliphatic rings. The van der Waals surface area contributed by atoms with Gasteiger partial charge in [0.2, 0.25) is 10.0 Å². The second kappa shape index (κ2) is 6.59. The molecule has 0 aliphatic heterocycles. The number of unbranched alkanes of at least 4 members (excludes halogenated alkanes) is 1. The molecule has 0 aromatic heterocycles. The number of halogens is 2. The second-order valence-corrected chi connectivity index (χ2v) is 5.83. The first-order chi connectivity index (χ1) is 8.93. The molecule has 1 aromatic carbocycles. The summed E-state index contributed by atoms with van der Waals surface area (Å²) < 4.78 is 51.6. The summed E-state index contributed by atoms with van der Waals surface area (Å²) in [4.78, 5) is -0.611. The van der Waals surface area contributed by atoms with Crippen LogP contribution in [-0.2, 0) is 10.0 Å². The first kappa shape index (κ1) is 15.5. The van der Waals surface area contributed by atoms with Gasteiger partial charge in [0.25, 0.3) is 0 Å². The van der Waals surface area contributed by atoms with E-state index in [-0.39, 0.29) is 13.1 Å². The van der Waals surface area contributed by atoms with Gasteiger partial charge >= 0.3 is 0 Å². The van der Waals surface area contributed by atoms with Crippen molar-refractivity contribution in [3.63, 3.8) is 0 Å². The van der Waals surface area contributed by atoms with Gasteiger partial charge in [0.1, 0.15) is 23.1 Å². The molecule has 4 nitrogen and oxygen atoms in total. The van der Waals surface area contributed by atoms with Crippen molar-refractivity contribution in [1.82, 2.24) is 4.31 Å². The van der Waals surface area contributed by atoms with Gasteiger partial charge in [0, 0.05) is 12.6 Å². The van der Waals surface area contributed by atoms with Gasteiger partial charge in [-0.05, 0) is 18.6 Å². The monoisotopic (exact) mass is 288 g/mol. The molecule has 0 radical (unpaired) electrons. The van der Waals surface area contributed by atoms with Crippen LogP contribution >= 0.6 is 0 Å². The lowest BCUT2D eigenvalue weighted by molar-refractivity contribution is 0.430. The normalized spacial score (nSPS) is 11.5. The van der Waals surface area contributed by atoms with Crippen LogP contribution in [0.25, 0.3) is 0 Å². The van der Waals surface area contributed by atoms with Crippen molar-refractivity contribution in [3.8, 4) is 6.07 Å². The maximum absolute atomic E-state index is 13.5. The van der Waals surface area contributed by atoms with E-state index >= 15 is 0 Å². The molecule has 0 saturated carbocycles. The number of nitrogens with zero attached hydrogens (tertiary/aromatic N) is 2. The molecule has 0 heterocycles. The first-order valence-corrected chi connectivity index (χ1v) is 7.19. The van der Waals surface area contributed by atoms with Crippen LogP contribution in [0.1, 0.15) is 19.8 Å². The van der Waals surface area contributed by atoms with Crippen LogP contribution in [0.5, 0.6) is 0 Å². The number of benzene rings is 1. The quantitative estimate of drug-likeness (QED) is 0.754. The summed E-state index contributed by atoms with van der Waals surface area (Å²) in [5.74, 6) is -2.00. The molecule has 0 atom stereocenters. The van der Waals surface area contributed by atoms with Crippen molar-refractivity contribution in [2.24, 2.45) is 0 Å². The Kier molecular flexibility index (Phi) is 5.39. The van der Waals surface area contributed by atoms with Gasteiger partial charge < -0.3 is 0 Å². The van der Waals surface area contributed by atoms with E-state index < -0.39 is 26.6 Å². The van der Waals surface area contributed by atoms with Crippen molar-refractivity contribution < 1.29 is 17.2 Å². The van der Waals surface area contributed by atoms with Gasteiger partial charge in [0.05, 0.1) is 6.07 Å². The highest BCUT2D eigenvalue weighted by Gasteiger charge is 2.27. The third-order valence-corrected chi connectivity index (χ3v) is 4.40. The van der Waals surface area contributed by atoms with Gasteiger partial charge in [-0.2, -0.15) is 9.57 Å². The highest BCUT2D eigenvalue weighted by atomic mass is 32.2. The van der Waals surface area contributed by atoms with Crippen LogP contribution in [0.3, 0.4) is 0 Å². The molecular weight excluding hydrogens is 274 g/mol. The van der Waals surface area contributed by atoms with Crippen molar-refractivity contribution in [2.75, 3.05) is 13.1 Å². The van der Waals surface area contributed by atoms with E-state index in [1.54, 1.807) is 6.07 Å². The average molecular weight is 288 g/mol. The van der Waals surface area contributed by atoms with Crippen LogP contribution in [0, 0.1) is 23.0 Å². The molecule has 104 valence electrons. The Morgan fingerprint density at radius 3 is 2.58 bits per heavy atom. The van der Waals surface area contributed by atoms with Gasteiger partial charge in [-0.1, -0.05) is 13.3 Å². The number of hydrogen-bond acceptors (Lipinski definition) is 3. The molecule has 0 fully saturated rings. The zero-order valence-corrected chi connectivity index (χ0v) is 11.3. The first-order valence-electron chi connectivity index (χ1n) is 5.75. The molecule has 0 bridgehead atoms. The van der Waals surface area contributed by atoms with Gasteiger partial charge in [-0.25, -0.2) is 17.2 Å². The van der Waals surface area contributed by atoms with E-state index in [1.807, 2.05) is 6.92 Å². The third kappa shape index (κ3) is 3.72. The fourth-order valence-electron chi connectivity index (χ4n) is 1.52. The highest BCUT2D eigenvalue weighted by Crippen LogP contribution is 2.20. The molecule has 0 unspecified atom stereocenters. The van der Waals surface area contributed by atoms with Crippen LogP contribution in [-0.4, -0.2) is 25.8 Å². The summed E-state index contributed by atoms with van der Waals surface area (Å²) in [7, 11) is -4.11. The molecule has 1 aromatic rings. The molecule has 7 heteroatoms. The fraction of sp³-hybridized carbons (Fsp3) is 0.417. The standard InChI is InChI=1S/C12H14F2N2O2S/c1-2-3-7-16(8-6-15)19(17,18)12-5-4-10(13)9-11(12)14/h4-5,9H,2-3,7-8H2,1H3. The Bertz CT molecular complexity index is 582. The lowest BCUT2D eigenvalue weighted by Crippen LogP contribution is -2.33. The third-order valence-electron chi connectivity index (χ3n) is 2.52. The van der Waals surface area contributed by atoms with Gasteiger partial charge in [-0.15, -0.1) is 0 Å². The lowest BCUT2D eigenvalue weighted by Gasteiger charge is -2.19. The van der Waals surface area contributed by atoms with Gasteiger partial charge in [-0.3, -0.25) is 0 Å². The van der Waals surface area contributed by atoms with Crippen molar-refractivity contribution in [1.29, 1.82) is 5.26 Å². The molecule has 0 saturated heterocycles. The Labute approximate surface area is 111 Å². The highest BCUT2D eigenvalue weighted by molar-refractivity contribution is 7.89. The molecular formula is C12H14F2N2O2S. The Hall–Kier alpha value is -1.52. The molecule has 0 N–H and O–H groups in total. The van der Waals surface area contributed by atoms with Crippen LogP contribution in [0.2, 0.25) is 0 Å². The molecule has 0 aliphatic carbocycles. The minimum atomic E-state index is -4.11. The number of hydrogen-bond donors (Lipinski definition) is 0. The molecule has 0 amide bonds. The predicted octanol–water partition coefficient (Wildman–Crippen LogP) is 2.28. The Morgan fingerprint density at radius 1 is 1.37 bits per heavy atom. The SMILES string of the molecule is CCCCN(CC#N)S(=O)(=O)c1ccc(F)cc1F.